The van der Waals surface area contributed by atoms with Crippen LogP contribution in [0.25, 0.3) is 0 Å². The minimum absolute atomic E-state index is 0.00607. The van der Waals surface area contributed by atoms with Crippen molar-refractivity contribution >= 4 is 15.9 Å². The highest BCUT2D eigenvalue weighted by Crippen LogP contribution is 2.36. The summed E-state index contributed by atoms with van der Waals surface area (Å²) in [7, 11) is -3.77. The SMILES string of the molecule is NS(=O)(=O)c1ccc(CNC(=O)c2cncnc2Oc2ccc3c(c2)OCO3)cc1. The maximum Gasteiger partial charge on any atom is 0.258 e. The second kappa shape index (κ2) is 7.97. The van der Waals surface area contributed by atoms with E-state index in [0.29, 0.717) is 22.8 Å². The van der Waals surface area contributed by atoms with E-state index in [1.807, 2.05) is 0 Å². The summed E-state index contributed by atoms with van der Waals surface area (Å²) in [5.74, 6) is 1.19. The van der Waals surface area contributed by atoms with E-state index in [1.54, 1.807) is 30.3 Å². The number of hydrogen-bond acceptors (Lipinski definition) is 8. The van der Waals surface area contributed by atoms with Crippen LogP contribution in [0.3, 0.4) is 0 Å². The van der Waals surface area contributed by atoms with E-state index in [2.05, 4.69) is 15.3 Å². The third-order valence-electron chi connectivity index (χ3n) is 4.18. The molecule has 0 unspecified atom stereocenters. The molecule has 1 amide bonds. The molecule has 0 fully saturated rings. The topological polar surface area (TPSA) is 143 Å². The van der Waals surface area contributed by atoms with Gasteiger partial charge in [-0.25, -0.2) is 23.5 Å². The molecule has 0 spiro atoms. The number of hydrogen-bond donors (Lipinski definition) is 2. The molecule has 11 heteroatoms. The number of nitrogens with two attached hydrogens (primary N) is 1. The van der Waals surface area contributed by atoms with Gasteiger partial charge >= 0.3 is 0 Å². The van der Waals surface area contributed by atoms with Crippen LogP contribution in [0.5, 0.6) is 23.1 Å². The number of nitrogens with one attached hydrogen (secondary N) is 1. The van der Waals surface area contributed by atoms with Crippen LogP contribution in [0.1, 0.15) is 15.9 Å². The summed E-state index contributed by atoms with van der Waals surface area (Å²) in [5.41, 5.74) is 0.821. The molecule has 154 valence electrons. The van der Waals surface area contributed by atoms with Gasteiger partial charge in [-0.05, 0) is 29.8 Å². The summed E-state index contributed by atoms with van der Waals surface area (Å²) in [5, 5.41) is 7.79. The maximum absolute atomic E-state index is 12.6. The van der Waals surface area contributed by atoms with Crippen LogP contribution < -0.4 is 24.7 Å². The van der Waals surface area contributed by atoms with Gasteiger partial charge in [0.15, 0.2) is 11.5 Å². The summed E-state index contributed by atoms with van der Waals surface area (Å²) >= 11 is 0. The zero-order valence-corrected chi connectivity index (χ0v) is 16.3. The lowest BCUT2D eigenvalue weighted by Gasteiger charge is -2.10. The van der Waals surface area contributed by atoms with Crippen molar-refractivity contribution in [3.05, 3.63) is 66.1 Å². The molecule has 1 aliphatic rings. The largest absolute Gasteiger partial charge is 0.454 e. The molecule has 0 radical (unpaired) electrons. The van der Waals surface area contributed by atoms with Crippen LogP contribution in [-0.4, -0.2) is 31.1 Å². The van der Waals surface area contributed by atoms with Crippen LogP contribution in [0.4, 0.5) is 0 Å². The van der Waals surface area contributed by atoms with Crippen molar-refractivity contribution in [2.45, 2.75) is 11.4 Å². The molecule has 30 heavy (non-hydrogen) atoms. The summed E-state index contributed by atoms with van der Waals surface area (Å²) in [6.45, 7) is 0.292. The zero-order chi connectivity index (χ0) is 21.1. The number of ether oxygens (including phenoxy) is 3. The first-order chi connectivity index (χ1) is 14.4. The lowest BCUT2D eigenvalue weighted by atomic mass is 10.2. The van der Waals surface area contributed by atoms with Crippen LogP contribution in [0, 0.1) is 0 Å². The Hall–Kier alpha value is -3.70. The fourth-order valence-corrected chi connectivity index (χ4v) is 3.20. The van der Waals surface area contributed by atoms with Gasteiger partial charge in [-0.15, -0.1) is 0 Å². The number of sulfonamides is 1. The molecule has 0 saturated carbocycles. The fourth-order valence-electron chi connectivity index (χ4n) is 2.68. The monoisotopic (exact) mass is 428 g/mol. The molecule has 2 heterocycles. The third kappa shape index (κ3) is 4.31. The van der Waals surface area contributed by atoms with Gasteiger partial charge in [0.2, 0.25) is 22.7 Å². The Balaban J connectivity index is 1.46. The van der Waals surface area contributed by atoms with E-state index in [4.69, 9.17) is 19.3 Å². The Morgan fingerprint density at radius 2 is 1.90 bits per heavy atom. The van der Waals surface area contributed by atoms with Crippen molar-refractivity contribution in [3.8, 4) is 23.1 Å². The number of benzene rings is 2. The molecule has 1 aromatic heterocycles. The Labute approximate surface area is 171 Å². The minimum atomic E-state index is -3.77. The van der Waals surface area contributed by atoms with Gasteiger partial charge in [0, 0.05) is 18.8 Å². The quantitative estimate of drug-likeness (QED) is 0.602. The fraction of sp³-hybridized carbons (Fsp3) is 0.105. The van der Waals surface area contributed by atoms with E-state index in [9.17, 15) is 13.2 Å². The van der Waals surface area contributed by atoms with Crippen molar-refractivity contribution in [3.63, 3.8) is 0 Å². The smallest absolute Gasteiger partial charge is 0.258 e. The van der Waals surface area contributed by atoms with Gasteiger partial charge in [-0.2, -0.15) is 0 Å². The van der Waals surface area contributed by atoms with Crippen molar-refractivity contribution < 1.29 is 27.4 Å². The van der Waals surface area contributed by atoms with E-state index >= 15 is 0 Å². The summed E-state index contributed by atoms with van der Waals surface area (Å²) in [6.07, 6.45) is 2.61. The van der Waals surface area contributed by atoms with E-state index in [1.165, 1.54) is 24.7 Å². The average molecular weight is 428 g/mol. The predicted octanol–water partition coefficient (Wildman–Crippen LogP) is 1.57. The van der Waals surface area contributed by atoms with Crippen molar-refractivity contribution in [1.82, 2.24) is 15.3 Å². The average Bonchev–Trinajstić information content (AvgIpc) is 3.20. The van der Waals surface area contributed by atoms with Crippen LogP contribution in [-0.2, 0) is 16.6 Å². The van der Waals surface area contributed by atoms with E-state index in [0.717, 1.165) is 0 Å². The minimum Gasteiger partial charge on any atom is -0.454 e. The molecule has 0 aliphatic carbocycles. The molecule has 3 N–H and O–H groups in total. The first-order valence-electron chi connectivity index (χ1n) is 8.67. The molecular formula is C19H16N4O6S. The second-order valence-electron chi connectivity index (χ2n) is 6.23. The van der Waals surface area contributed by atoms with Crippen LogP contribution >= 0.6 is 0 Å². The van der Waals surface area contributed by atoms with E-state index < -0.39 is 15.9 Å². The maximum atomic E-state index is 12.6. The standard InChI is InChI=1S/C19H16N4O6S/c20-30(25,26)14-4-1-12(2-5-14)8-22-18(24)15-9-21-10-23-19(15)29-13-3-6-16-17(7-13)28-11-27-16/h1-7,9-10H,8,11H2,(H,22,24)(H2,20,25,26). The van der Waals surface area contributed by atoms with Gasteiger partial charge in [-0.3, -0.25) is 4.79 Å². The van der Waals surface area contributed by atoms with Gasteiger partial charge in [0.25, 0.3) is 5.91 Å². The molecule has 0 saturated heterocycles. The molecular weight excluding hydrogens is 412 g/mol. The highest BCUT2D eigenvalue weighted by atomic mass is 32.2. The van der Waals surface area contributed by atoms with Gasteiger partial charge in [-0.1, -0.05) is 12.1 Å². The van der Waals surface area contributed by atoms with Crippen molar-refractivity contribution in [1.29, 1.82) is 0 Å². The number of rotatable bonds is 6. The van der Waals surface area contributed by atoms with Crippen molar-refractivity contribution in [2.75, 3.05) is 6.79 Å². The lowest BCUT2D eigenvalue weighted by molar-refractivity contribution is 0.0947. The molecule has 1 aliphatic heterocycles. The van der Waals surface area contributed by atoms with Gasteiger partial charge < -0.3 is 19.5 Å². The molecule has 10 nitrogen and oxygen atoms in total. The Bertz CT molecular complexity index is 1200. The molecule has 0 bridgehead atoms. The highest BCUT2D eigenvalue weighted by Gasteiger charge is 2.18. The second-order valence-corrected chi connectivity index (χ2v) is 7.79. The number of primary sulfonamides is 1. The first kappa shape index (κ1) is 19.6. The molecule has 2 aromatic carbocycles. The number of aromatic nitrogens is 2. The summed E-state index contributed by atoms with van der Waals surface area (Å²) in [4.78, 5) is 20.5. The highest BCUT2D eigenvalue weighted by molar-refractivity contribution is 7.89. The lowest BCUT2D eigenvalue weighted by Crippen LogP contribution is -2.23. The molecule has 3 aromatic rings. The Kier molecular flexibility index (Phi) is 5.21. The van der Waals surface area contributed by atoms with E-state index in [-0.39, 0.29) is 29.7 Å². The first-order valence-corrected chi connectivity index (χ1v) is 10.2. The number of carbonyl (C=O) groups is 1. The Morgan fingerprint density at radius 3 is 2.67 bits per heavy atom. The van der Waals surface area contributed by atoms with Gasteiger partial charge in [0.05, 0.1) is 4.90 Å². The van der Waals surface area contributed by atoms with Gasteiger partial charge in [0.1, 0.15) is 17.6 Å². The third-order valence-corrected chi connectivity index (χ3v) is 5.11. The summed E-state index contributed by atoms with van der Waals surface area (Å²) in [6, 6.07) is 10.9. The number of nitrogens with zero attached hydrogens (tertiary/aromatic N) is 2. The molecule has 0 atom stereocenters. The number of fused-ring (bicyclic) bond motifs is 1. The zero-order valence-electron chi connectivity index (χ0n) is 15.4. The van der Waals surface area contributed by atoms with Crippen LogP contribution in [0.15, 0.2) is 59.9 Å². The number of carbonyl (C=O) groups excluding carboxylic acids is 1. The number of amides is 1. The summed E-state index contributed by atoms with van der Waals surface area (Å²) < 4.78 is 38.9. The molecule has 4 rings (SSSR count). The van der Waals surface area contributed by atoms with Crippen molar-refractivity contribution in [2.24, 2.45) is 5.14 Å². The predicted molar refractivity (Wildman–Crippen MR) is 104 cm³/mol. The Morgan fingerprint density at radius 1 is 1.13 bits per heavy atom. The van der Waals surface area contributed by atoms with Crippen LogP contribution in [0.2, 0.25) is 0 Å². The normalized spacial score (nSPS) is 12.4.